The molecule has 0 heterocycles. The number of carboxylic acids is 1. The predicted molar refractivity (Wildman–Crippen MR) is 117 cm³/mol. The van der Waals surface area contributed by atoms with E-state index in [0.29, 0.717) is 17.9 Å². The highest BCUT2D eigenvalue weighted by molar-refractivity contribution is 5.71. The molecule has 0 radical (unpaired) electrons. The molecular weight excluding hydrogens is 378 g/mol. The van der Waals surface area contributed by atoms with Crippen LogP contribution in [0, 0.1) is 0 Å². The number of aliphatic hydroxyl groups is 1. The Morgan fingerprint density at radius 1 is 1.03 bits per heavy atom. The molecule has 5 nitrogen and oxygen atoms in total. The van der Waals surface area contributed by atoms with Crippen LogP contribution in [0.1, 0.15) is 34.8 Å². The molecule has 0 aromatic heterocycles. The van der Waals surface area contributed by atoms with E-state index in [1.54, 1.807) is 0 Å². The van der Waals surface area contributed by atoms with E-state index in [1.165, 1.54) is 11.1 Å². The van der Waals surface area contributed by atoms with Gasteiger partial charge in [0.2, 0.25) is 0 Å². The van der Waals surface area contributed by atoms with Gasteiger partial charge in [-0.15, -0.1) is 0 Å². The van der Waals surface area contributed by atoms with Crippen LogP contribution >= 0.6 is 0 Å². The molecule has 1 aliphatic rings. The number of carboxylic acid groups (broad SMARTS) is 1. The molecule has 0 fully saturated rings. The van der Waals surface area contributed by atoms with Crippen LogP contribution in [0.4, 0.5) is 0 Å². The van der Waals surface area contributed by atoms with Crippen molar-refractivity contribution in [2.75, 3.05) is 7.11 Å². The smallest absolute Gasteiger partial charge is 0.307 e. The summed E-state index contributed by atoms with van der Waals surface area (Å²) in [6, 6.07) is 22.2. The molecule has 0 saturated heterocycles. The molecule has 30 heavy (non-hydrogen) atoms. The van der Waals surface area contributed by atoms with Crippen LogP contribution in [0.2, 0.25) is 0 Å². The van der Waals surface area contributed by atoms with Gasteiger partial charge in [0.15, 0.2) is 0 Å². The number of ether oxygens (including phenoxy) is 1. The van der Waals surface area contributed by atoms with Crippen molar-refractivity contribution in [3.05, 3.63) is 89.0 Å². The first kappa shape index (κ1) is 21.6. The Morgan fingerprint density at radius 3 is 2.57 bits per heavy atom. The average molecular weight is 405 g/mol. The molecule has 156 valence electrons. The lowest BCUT2D eigenvalue weighted by atomic mass is 9.98. The summed E-state index contributed by atoms with van der Waals surface area (Å²) in [6.07, 6.45) is 1.75. The second kappa shape index (κ2) is 10.1. The Kier molecular flexibility index (Phi) is 7.22. The van der Waals surface area contributed by atoms with Gasteiger partial charge in [0, 0.05) is 19.2 Å². The SMILES string of the molecule is CO.NCc1cccc(-c2ccc3c(c2)C(Oc2ccccc2CC(=O)O)CC3)c1. The van der Waals surface area contributed by atoms with E-state index in [1.807, 2.05) is 36.4 Å². The van der Waals surface area contributed by atoms with Crippen molar-refractivity contribution in [3.8, 4) is 16.9 Å². The first-order chi connectivity index (χ1) is 14.6. The monoisotopic (exact) mass is 405 g/mol. The largest absolute Gasteiger partial charge is 0.485 e. The molecule has 0 spiro atoms. The Hall–Kier alpha value is -3.15. The number of para-hydroxylation sites is 1. The maximum absolute atomic E-state index is 11.1. The zero-order chi connectivity index (χ0) is 21.5. The van der Waals surface area contributed by atoms with Crippen LogP contribution in [0.5, 0.6) is 5.75 Å². The number of rotatable bonds is 6. The molecular formula is C25H27NO4. The molecule has 0 saturated carbocycles. The lowest BCUT2D eigenvalue weighted by molar-refractivity contribution is -0.136. The molecule has 3 aromatic rings. The Bertz CT molecular complexity index is 1020. The van der Waals surface area contributed by atoms with Crippen molar-refractivity contribution in [1.82, 2.24) is 0 Å². The minimum atomic E-state index is -0.857. The molecule has 0 bridgehead atoms. The van der Waals surface area contributed by atoms with Gasteiger partial charge in [-0.25, -0.2) is 0 Å². The van der Waals surface area contributed by atoms with Crippen LogP contribution in [0.15, 0.2) is 66.7 Å². The number of aryl methyl sites for hydroxylation is 1. The molecule has 4 rings (SSSR count). The number of nitrogens with two attached hydrogens (primary N) is 1. The third-order valence-electron chi connectivity index (χ3n) is 5.25. The van der Waals surface area contributed by atoms with Gasteiger partial charge < -0.3 is 20.7 Å². The summed E-state index contributed by atoms with van der Waals surface area (Å²) >= 11 is 0. The van der Waals surface area contributed by atoms with Gasteiger partial charge in [0.05, 0.1) is 6.42 Å². The third-order valence-corrected chi connectivity index (χ3v) is 5.25. The van der Waals surface area contributed by atoms with Crippen LogP contribution in [0.25, 0.3) is 11.1 Å². The van der Waals surface area contributed by atoms with Gasteiger partial charge in [0.25, 0.3) is 0 Å². The zero-order valence-electron chi connectivity index (χ0n) is 17.0. The van der Waals surface area contributed by atoms with Gasteiger partial charge in [0.1, 0.15) is 11.9 Å². The highest BCUT2D eigenvalue weighted by Crippen LogP contribution is 2.38. The number of aliphatic carboxylic acids is 1. The molecule has 1 unspecified atom stereocenters. The molecule has 0 aliphatic heterocycles. The number of aliphatic hydroxyl groups excluding tert-OH is 1. The summed E-state index contributed by atoms with van der Waals surface area (Å²) in [6.45, 7) is 0.519. The predicted octanol–water partition coefficient (Wildman–Crippen LogP) is 4.11. The Morgan fingerprint density at radius 2 is 1.80 bits per heavy atom. The maximum Gasteiger partial charge on any atom is 0.307 e. The maximum atomic E-state index is 11.1. The number of fused-ring (bicyclic) bond motifs is 1. The standard InChI is InChI=1S/C24H23NO3.CH4O/c25-15-16-4-3-6-18(12-16)19-9-8-17-10-11-23(21(17)13-19)28-22-7-2-1-5-20(22)14-24(26)27;1-2/h1-9,12-13,23H,10-11,14-15,25H2,(H,26,27);2H,1H3. The topological polar surface area (TPSA) is 92.8 Å². The van der Waals surface area contributed by atoms with Crippen molar-refractivity contribution in [1.29, 1.82) is 0 Å². The minimum Gasteiger partial charge on any atom is -0.485 e. The van der Waals surface area contributed by atoms with Gasteiger partial charge in [-0.2, -0.15) is 0 Å². The fourth-order valence-electron chi connectivity index (χ4n) is 3.83. The molecule has 0 amide bonds. The number of carbonyl (C=O) groups is 1. The first-order valence-corrected chi connectivity index (χ1v) is 9.97. The van der Waals surface area contributed by atoms with E-state index in [2.05, 4.69) is 30.3 Å². The van der Waals surface area contributed by atoms with Crippen molar-refractivity contribution in [2.24, 2.45) is 5.73 Å². The van der Waals surface area contributed by atoms with E-state index in [0.717, 1.165) is 36.6 Å². The second-order valence-electron chi connectivity index (χ2n) is 7.14. The number of benzene rings is 3. The third kappa shape index (κ3) is 4.87. The van der Waals surface area contributed by atoms with Gasteiger partial charge >= 0.3 is 5.97 Å². The molecule has 3 aromatic carbocycles. The summed E-state index contributed by atoms with van der Waals surface area (Å²) in [7, 11) is 1.00. The van der Waals surface area contributed by atoms with Crippen LogP contribution in [-0.2, 0) is 24.2 Å². The normalized spacial score (nSPS) is 14.4. The Balaban J connectivity index is 0.00000124. The second-order valence-corrected chi connectivity index (χ2v) is 7.14. The van der Waals surface area contributed by atoms with Gasteiger partial charge in [-0.05, 0) is 58.9 Å². The number of hydrogen-bond donors (Lipinski definition) is 3. The van der Waals surface area contributed by atoms with Crippen LogP contribution in [0.3, 0.4) is 0 Å². The van der Waals surface area contributed by atoms with E-state index in [4.69, 9.17) is 20.7 Å². The summed E-state index contributed by atoms with van der Waals surface area (Å²) in [5.74, 6) is -0.205. The molecule has 5 heteroatoms. The quantitative estimate of drug-likeness (QED) is 0.574. The molecule has 1 aliphatic carbocycles. The summed E-state index contributed by atoms with van der Waals surface area (Å²) in [4.78, 5) is 11.1. The summed E-state index contributed by atoms with van der Waals surface area (Å²) in [5, 5.41) is 16.2. The fraction of sp³-hybridized carbons (Fsp3) is 0.240. The van der Waals surface area contributed by atoms with E-state index < -0.39 is 5.97 Å². The number of hydrogen-bond acceptors (Lipinski definition) is 4. The average Bonchev–Trinajstić information content (AvgIpc) is 3.18. The highest BCUT2D eigenvalue weighted by atomic mass is 16.5. The molecule has 4 N–H and O–H groups in total. The summed E-state index contributed by atoms with van der Waals surface area (Å²) < 4.78 is 6.29. The Labute approximate surface area is 176 Å². The van der Waals surface area contributed by atoms with Crippen molar-refractivity contribution < 1.29 is 19.7 Å². The van der Waals surface area contributed by atoms with Crippen LogP contribution in [-0.4, -0.2) is 23.3 Å². The highest BCUT2D eigenvalue weighted by Gasteiger charge is 2.25. The zero-order valence-corrected chi connectivity index (χ0v) is 17.0. The van der Waals surface area contributed by atoms with Crippen molar-refractivity contribution in [2.45, 2.75) is 31.9 Å². The van der Waals surface area contributed by atoms with Gasteiger partial charge in [-0.3, -0.25) is 4.79 Å². The van der Waals surface area contributed by atoms with E-state index in [-0.39, 0.29) is 12.5 Å². The minimum absolute atomic E-state index is 0.0400. The van der Waals surface area contributed by atoms with Crippen LogP contribution < -0.4 is 10.5 Å². The lowest BCUT2D eigenvalue weighted by Crippen LogP contribution is -2.08. The van der Waals surface area contributed by atoms with Crippen molar-refractivity contribution >= 4 is 5.97 Å². The first-order valence-electron chi connectivity index (χ1n) is 9.97. The lowest BCUT2D eigenvalue weighted by Gasteiger charge is -2.18. The van der Waals surface area contributed by atoms with Gasteiger partial charge in [-0.1, -0.05) is 48.5 Å². The molecule has 1 atom stereocenters. The fourth-order valence-corrected chi connectivity index (χ4v) is 3.83. The van der Waals surface area contributed by atoms with E-state index >= 15 is 0 Å². The summed E-state index contributed by atoms with van der Waals surface area (Å²) in [5.41, 5.74) is 12.3. The van der Waals surface area contributed by atoms with Crippen molar-refractivity contribution in [3.63, 3.8) is 0 Å². The van der Waals surface area contributed by atoms with E-state index in [9.17, 15) is 4.79 Å².